The molecule has 0 aliphatic heterocycles. The molecule has 1 heterocycles. The van der Waals surface area contributed by atoms with Gasteiger partial charge in [-0.2, -0.15) is 0 Å². The second kappa shape index (κ2) is 11.0. The summed E-state index contributed by atoms with van der Waals surface area (Å²) >= 11 is 0. The normalized spacial score (nSPS) is 13.9. The van der Waals surface area contributed by atoms with Gasteiger partial charge in [-0.15, -0.1) is 4.52 Å². The van der Waals surface area contributed by atoms with Crippen molar-refractivity contribution in [3.05, 3.63) is 53.1 Å². The Morgan fingerprint density at radius 1 is 1.27 bits per heavy atom. The second-order valence-electron chi connectivity index (χ2n) is 9.04. The van der Waals surface area contributed by atoms with Crippen molar-refractivity contribution in [1.82, 2.24) is 4.98 Å². The number of pyridine rings is 1. The van der Waals surface area contributed by atoms with Crippen molar-refractivity contribution in [2.45, 2.75) is 64.1 Å². The summed E-state index contributed by atoms with van der Waals surface area (Å²) in [6, 6.07) is 7.74. The van der Waals surface area contributed by atoms with Crippen LogP contribution < -0.4 is 0 Å². The average molecular weight is 474 g/mol. The Morgan fingerprint density at radius 2 is 1.88 bits per heavy atom. The van der Waals surface area contributed by atoms with Crippen LogP contribution in [-0.4, -0.2) is 29.3 Å². The van der Waals surface area contributed by atoms with Gasteiger partial charge in [0.15, 0.2) is 0 Å². The molecule has 0 aliphatic carbocycles. The highest BCUT2D eigenvalue weighted by atomic mass is 31.1. The van der Waals surface area contributed by atoms with Crippen molar-refractivity contribution in [2.75, 3.05) is 7.11 Å². The Kier molecular flexibility index (Phi) is 8.85. The highest BCUT2D eigenvalue weighted by Crippen LogP contribution is 2.50. The third-order valence-electron chi connectivity index (χ3n) is 5.17. The standard InChI is InChI=1S/C25H30FNO5P/c1-8-32-21(29)14-19(28)24(33(30)31-7)22-18(16-9-11-17(26)12-10-16)13-20(25(4,5)6)27-23(22)15(2)3/h1,9-13,15,19,24,28H,14H2,2-7H3/q+1. The summed E-state index contributed by atoms with van der Waals surface area (Å²) in [7, 11) is -1.20. The lowest BCUT2D eigenvalue weighted by atomic mass is 9.84. The summed E-state index contributed by atoms with van der Waals surface area (Å²) in [5.74, 6) is -1.34. The van der Waals surface area contributed by atoms with E-state index in [-0.39, 0.29) is 11.3 Å². The molecule has 3 atom stereocenters. The van der Waals surface area contributed by atoms with E-state index in [4.69, 9.17) is 15.9 Å². The maximum absolute atomic E-state index is 13.7. The number of rotatable bonds is 8. The van der Waals surface area contributed by atoms with Crippen molar-refractivity contribution in [2.24, 2.45) is 0 Å². The van der Waals surface area contributed by atoms with Gasteiger partial charge in [0.25, 0.3) is 0 Å². The van der Waals surface area contributed by atoms with Gasteiger partial charge < -0.3 is 9.84 Å². The fourth-order valence-corrected chi connectivity index (χ4v) is 4.62. The van der Waals surface area contributed by atoms with Crippen LogP contribution in [0.1, 0.15) is 69.6 Å². The lowest BCUT2D eigenvalue weighted by Gasteiger charge is -2.26. The van der Waals surface area contributed by atoms with Gasteiger partial charge in [-0.25, -0.2) is 4.39 Å². The molecule has 0 aliphatic rings. The van der Waals surface area contributed by atoms with E-state index in [2.05, 4.69) is 4.74 Å². The summed E-state index contributed by atoms with van der Waals surface area (Å²) in [6.45, 7) is 9.92. The number of hydrogen-bond donors (Lipinski definition) is 1. The van der Waals surface area contributed by atoms with Gasteiger partial charge in [0.05, 0.1) is 19.2 Å². The third kappa shape index (κ3) is 6.45. The molecule has 0 radical (unpaired) electrons. The van der Waals surface area contributed by atoms with Gasteiger partial charge >= 0.3 is 14.0 Å². The van der Waals surface area contributed by atoms with Crippen molar-refractivity contribution < 1.29 is 28.1 Å². The summed E-state index contributed by atoms with van der Waals surface area (Å²) in [4.78, 5) is 16.8. The molecule has 0 spiro atoms. The number of terminal acetylenes is 1. The number of ether oxygens (including phenoxy) is 1. The van der Waals surface area contributed by atoms with Crippen LogP contribution in [0.2, 0.25) is 0 Å². The molecule has 2 aromatic rings. The van der Waals surface area contributed by atoms with Gasteiger partial charge in [0, 0.05) is 16.7 Å². The average Bonchev–Trinajstić information content (AvgIpc) is 2.73. The zero-order valence-corrected chi connectivity index (χ0v) is 20.7. The SMILES string of the molecule is C#COC(=O)CC(O)C(c1c(-c2ccc(F)cc2)cc(C(C)(C)C)nc1C(C)C)[P+](=O)OC. The van der Waals surface area contributed by atoms with Crippen molar-refractivity contribution in [1.29, 1.82) is 0 Å². The van der Waals surface area contributed by atoms with E-state index in [0.717, 1.165) is 5.69 Å². The van der Waals surface area contributed by atoms with Gasteiger partial charge in [-0.05, 0) is 39.8 Å². The molecule has 33 heavy (non-hydrogen) atoms. The lowest BCUT2D eigenvalue weighted by Crippen LogP contribution is -2.25. The number of aromatic nitrogens is 1. The van der Waals surface area contributed by atoms with E-state index in [1.807, 2.05) is 40.7 Å². The predicted molar refractivity (Wildman–Crippen MR) is 125 cm³/mol. The monoisotopic (exact) mass is 474 g/mol. The maximum Gasteiger partial charge on any atom is 0.518 e. The molecular weight excluding hydrogens is 444 g/mol. The van der Waals surface area contributed by atoms with Crippen LogP contribution in [-0.2, 0) is 24.0 Å². The minimum Gasteiger partial charge on any atom is -0.387 e. The minimum absolute atomic E-state index is 0.117. The first-order valence-corrected chi connectivity index (χ1v) is 11.8. The Balaban J connectivity index is 2.87. The van der Waals surface area contributed by atoms with E-state index in [1.165, 1.54) is 19.2 Å². The number of carbonyl (C=O) groups excluding carboxylic acids is 1. The van der Waals surface area contributed by atoms with Gasteiger partial charge in [-0.3, -0.25) is 9.78 Å². The molecule has 8 heteroatoms. The van der Waals surface area contributed by atoms with Crippen molar-refractivity contribution in [3.63, 3.8) is 0 Å². The van der Waals surface area contributed by atoms with Crippen molar-refractivity contribution in [3.8, 4) is 23.7 Å². The molecule has 3 unspecified atom stereocenters. The van der Waals surface area contributed by atoms with Crippen LogP contribution >= 0.6 is 8.03 Å². The zero-order chi connectivity index (χ0) is 24.9. The maximum atomic E-state index is 13.7. The zero-order valence-electron chi connectivity index (χ0n) is 19.8. The molecule has 0 amide bonds. The predicted octanol–water partition coefficient (Wildman–Crippen LogP) is 5.62. The molecular formula is C25H30FNO5P+. The van der Waals surface area contributed by atoms with Crippen LogP contribution in [0.4, 0.5) is 4.39 Å². The summed E-state index contributed by atoms with van der Waals surface area (Å²) in [5.41, 5.74) is 1.74. The Labute approximate surface area is 195 Å². The van der Waals surface area contributed by atoms with Gasteiger partial charge in [-0.1, -0.05) is 53.2 Å². The van der Waals surface area contributed by atoms with E-state index in [0.29, 0.717) is 22.4 Å². The fraction of sp³-hybridized carbons (Fsp3) is 0.440. The first-order chi connectivity index (χ1) is 15.4. The van der Waals surface area contributed by atoms with Crippen LogP contribution in [0.5, 0.6) is 0 Å². The molecule has 1 N–H and O–H groups in total. The van der Waals surface area contributed by atoms with Crippen LogP contribution in [0.25, 0.3) is 11.1 Å². The summed E-state index contributed by atoms with van der Waals surface area (Å²) < 4.78 is 36.4. The molecule has 0 saturated heterocycles. The first-order valence-electron chi connectivity index (χ1n) is 10.6. The highest BCUT2D eigenvalue weighted by molar-refractivity contribution is 7.39. The number of aliphatic hydroxyl groups excluding tert-OH is 1. The molecule has 0 fully saturated rings. The molecule has 0 saturated carbocycles. The number of esters is 1. The van der Waals surface area contributed by atoms with Crippen LogP contribution in [0.3, 0.4) is 0 Å². The molecule has 2 rings (SSSR count). The van der Waals surface area contributed by atoms with Gasteiger partial charge in [0.1, 0.15) is 18.0 Å². The van der Waals surface area contributed by atoms with Gasteiger partial charge in [0.2, 0.25) is 5.66 Å². The fourth-order valence-electron chi connectivity index (χ4n) is 3.52. The second-order valence-corrected chi connectivity index (χ2v) is 10.5. The quantitative estimate of drug-likeness (QED) is 0.304. The number of halogens is 1. The largest absolute Gasteiger partial charge is 0.518 e. The topological polar surface area (TPSA) is 85.7 Å². The molecule has 0 bridgehead atoms. The number of aliphatic hydroxyl groups is 1. The Morgan fingerprint density at radius 3 is 2.36 bits per heavy atom. The van der Waals surface area contributed by atoms with Crippen LogP contribution in [0.15, 0.2) is 30.3 Å². The van der Waals surface area contributed by atoms with E-state index >= 15 is 0 Å². The lowest BCUT2D eigenvalue weighted by molar-refractivity contribution is -0.139. The molecule has 1 aromatic carbocycles. The molecule has 6 nitrogen and oxygen atoms in total. The van der Waals surface area contributed by atoms with E-state index < -0.39 is 38.0 Å². The highest BCUT2D eigenvalue weighted by Gasteiger charge is 2.45. The summed E-state index contributed by atoms with van der Waals surface area (Å²) in [6.07, 6.45) is 4.88. The van der Waals surface area contributed by atoms with Crippen LogP contribution in [0, 0.1) is 18.3 Å². The smallest absolute Gasteiger partial charge is 0.387 e. The summed E-state index contributed by atoms with van der Waals surface area (Å²) in [5, 5.41) is 11.0. The minimum atomic E-state index is -2.46. The Bertz CT molecular complexity index is 1050. The number of nitrogens with zero attached hydrogens (tertiary/aromatic N) is 1. The van der Waals surface area contributed by atoms with Crippen molar-refractivity contribution >= 4 is 14.0 Å². The van der Waals surface area contributed by atoms with E-state index in [1.54, 1.807) is 18.2 Å². The Hall–Kier alpha value is -2.65. The number of hydrogen-bond acceptors (Lipinski definition) is 6. The molecule has 1 aromatic heterocycles. The molecule has 176 valence electrons. The third-order valence-corrected chi connectivity index (χ3v) is 6.59. The first kappa shape index (κ1) is 26.6. The number of carbonyl (C=O) groups is 1. The number of benzene rings is 1. The van der Waals surface area contributed by atoms with E-state index in [9.17, 15) is 18.9 Å².